The first-order valence-corrected chi connectivity index (χ1v) is 12.4. The molecular formula is C22H38N6OS. The Labute approximate surface area is 185 Å². The molecule has 2 fully saturated rings. The van der Waals surface area contributed by atoms with E-state index in [2.05, 4.69) is 44.9 Å². The molecule has 0 saturated carbocycles. The minimum absolute atomic E-state index is 0.0803. The lowest BCUT2D eigenvalue weighted by atomic mass is 9.96. The second-order valence-electron chi connectivity index (χ2n) is 8.34. The molecule has 0 bridgehead atoms. The number of anilines is 1. The van der Waals surface area contributed by atoms with Gasteiger partial charge in [0.25, 0.3) is 0 Å². The third kappa shape index (κ3) is 7.16. The molecule has 0 unspecified atom stereocenters. The van der Waals surface area contributed by atoms with E-state index in [9.17, 15) is 4.79 Å². The Balaban J connectivity index is 1.32. The van der Waals surface area contributed by atoms with Crippen LogP contribution in [0.1, 0.15) is 45.4 Å². The second-order valence-corrected chi connectivity index (χ2v) is 9.27. The van der Waals surface area contributed by atoms with E-state index in [4.69, 9.17) is 10.7 Å². The van der Waals surface area contributed by atoms with Gasteiger partial charge in [-0.2, -0.15) is 0 Å². The summed E-state index contributed by atoms with van der Waals surface area (Å²) in [4.78, 5) is 21.0. The van der Waals surface area contributed by atoms with Crippen molar-refractivity contribution >= 4 is 28.2 Å². The first-order chi connectivity index (χ1) is 14.7. The lowest BCUT2D eigenvalue weighted by molar-refractivity contribution is -0.123. The van der Waals surface area contributed by atoms with Gasteiger partial charge in [-0.1, -0.05) is 0 Å². The Morgan fingerprint density at radius 3 is 2.60 bits per heavy atom. The van der Waals surface area contributed by atoms with Gasteiger partial charge < -0.3 is 26.2 Å². The highest BCUT2D eigenvalue weighted by molar-refractivity contribution is 7.14. The highest BCUT2D eigenvalue weighted by atomic mass is 32.1. The maximum Gasteiger partial charge on any atom is 0.220 e. The lowest BCUT2D eigenvalue weighted by Gasteiger charge is -2.33. The molecule has 1 aromatic heterocycles. The summed E-state index contributed by atoms with van der Waals surface area (Å²) >= 11 is 1.83. The van der Waals surface area contributed by atoms with E-state index in [1.807, 2.05) is 11.3 Å². The molecule has 0 aliphatic carbocycles. The van der Waals surface area contributed by atoms with Crippen molar-refractivity contribution in [1.29, 1.82) is 0 Å². The SMILES string of the molecule is CCNC(=NCCCCN1CCC(C(N)=O)CC1)NC1CCN(c2cccs2)CC1. The Morgan fingerprint density at radius 1 is 1.20 bits per heavy atom. The molecule has 30 heavy (non-hydrogen) atoms. The summed E-state index contributed by atoms with van der Waals surface area (Å²) in [5, 5.41) is 10.6. The van der Waals surface area contributed by atoms with Crippen LogP contribution in [0.3, 0.4) is 0 Å². The molecule has 7 nitrogen and oxygen atoms in total. The molecule has 3 rings (SSSR count). The maximum atomic E-state index is 11.3. The highest BCUT2D eigenvalue weighted by Crippen LogP contribution is 2.24. The quantitative estimate of drug-likeness (QED) is 0.315. The largest absolute Gasteiger partial charge is 0.369 e. The van der Waals surface area contributed by atoms with Gasteiger partial charge in [-0.3, -0.25) is 9.79 Å². The molecule has 3 heterocycles. The molecule has 0 aromatic carbocycles. The number of nitrogens with zero attached hydrogens (tertiary/aromatic N) is 3. The van der Waals surface area contributed by atoms with Crippen molar-refractivity contribution in [3.05, 3.63) is 17.5 Å². The van der Waals surface area contributed by atoms with Crippen molar-refractivity contribution in [2.45, 2.75) is 51.5 Å². The van der Waals surface area contributed by atoms with Gasteiger partial charge in [-0.05, 0) is 82.6 Å². The highest BCUT2D eigenvalue weighted by Gasteiger charge is 2.23. The molecule has 1 aromatic rings. The molecule has 1 amide bonds. The first-order valence-electron chi connectivity index (χ1n) is 11.5. The van der Waals surface area contributed by atoms with E-state index in [-0.39, 0.29) is 11.8 Å². The molecule has 0 spiro atoms. The normalized spacial score (nSPS) is 19.8. The molecular weight excluding hydrogens is 396 g/mol. The van der Waals surface area contributed by atoms with E-state index >= 15 is 0 Å². The number of rotatable bonds is 9. The Hall–Kier alpha value is -1.80. The van der Waals surface area contributed by atoms with Crippen LogP contribution in [-0.4, -0.2) is 68.6 Å². The van der Waals surface area contributed by atoms with Gasteiger partial charge >= 0.3 is 0 Å². The average Bonchev–Trinajstić information content (AvgIpc) is 3.29. The van der Waals surface area contributed by atoms with Gasteiger partial charge in [0.2, 0.25) is 5.91 Å². The molecule has 2 saturated heterocycles. The number of hydrogen-bond donors (Lipinski definition) is 3. The second kappa shape index (κ2) is 12.2. The zero-order valence-electron chi connectivity index (χ0n) is 18.3. The number of amides is 1. The zero-order valence-corrected chi connectivity index (χ0v) is 19.1. The predicted octanol–water partition coefficient (Wildman–Crippen LogP) is 2.25. The number of guanidine groups is 1. The summed E-state index contributed by atoms with van der Waals surface area (Å²) < 4.78 is 0. The number of unbranched alkanes of at least 4 members (excludes halogenated alkanes) is 1. The van der Waals surface area contributed by atoms with E-state index in [1.165, 1.54) is 5.00 Å². The number of hydrogen-bond acceptors (Lipinski definition) is 5. The van der Waals surface area contributed by atoms with Gasteiger partial charge in [-0.25, -0.2) is 0 Å². The predicted molar refractivity (Wildman–Crippen MR) is 126 cm³/mol. The number of piperidine rings is 2. The lowest BCUT2D eigenvalue weighted by Crippen LogP contribution is -2.48. The van der Waals surface area contributed by atoms with E-state index in [0.29, 0.717) is 6.04 Å². The molecule has 4 N–H and O–H groups in total. The van der Waals surface area contributed by atoms with Crippen LogP contribution < -0.4 is 21.3 Å². The third-order valence-electron chi connectivity index (χ3n) is 6.14. The van der Waals surface area contributed by atoms with E-state index in [1.54, 1.807) is 0 Å². The summed E-state index contributed by atoms with van der Waals surface area (Å²) in [6, 6.07) is 4.83. The monoisotopic (exact) mass is 434 g/mol. The van der Waals surface area contributed by atoms with Crippen LogP contribution in [0.2, 0.25) is 0 Å². The number of primary amides is 1. The van der Waals surface area contributed by atoms with Crippen molar-refractivity contribution in [1.82, 2.24) is 15.5 Å². The van der Waals surface area contributed by atoms with Gasteiger partial charge in [0.1, 0.15) is 0 Å². The van der Waals surface area contributed by atoms with Gasteiger partial charge in [-0.15, -0.1) is 11.3 Å². The fourth-order valence-corrected chi connectivity index (χ4v) is 5.07. The molecule has 0 atom stereocenters. The maximum absolute atomic E-state index is 11.3. The number of thiophene rings is 1. The van der Waals surface area contributed by atoms with Crippen molar-refractivity contribution < 1.29 is 4.79 Å². The summed E-state index contributed by atoms with van der Waals surface area (Å²) in [5.74, 6) is 0.899. The van der Waals surface area contributed by atoms with Gasteiger partial charge in [0, 0.05) is 38.1 Å². The van der Waals surface area contributed by atoms with Gasteiger partial charge in [0.05, 0.1) is 5.00 Å². The van der Waals surface area contributed by atoms with Crippen LogP contribution >= 0.6 is 11.3 Å². The molecule has 168 valence electrons. The summed E-state index contributed by atoms with van der Waals surface area (Å²) in [7, 11) is 0. The van der Waals surface area contributed by atoms with Crippen molar-refractivity contribution in [3.63, 3.8) is 0 Å². The summed E-state index contributed by atoms with van der Waals surface area (Å²) in [6.07, 6.45) is 6.33. The summed E-state index contributed by atoms with van der Waals surface area (Å²) in [5.41, 5.74) is 5.42. The van der Waals surface area contributed by atoms with Gasteiger partial charge in [0.15, 0.2) is 5.96 Å². The smallest absolute Gasteiger partial charge is 0.220 e. The van der Waals surface area contributed by atoms with Crippen LogP contribution in [0.4, 0.5) is 5.00 Å². The van der Waals surface area contributed by atoms with Crippen LogP contribution in [-0.2, 0) is 4.79 Å². The number of nitrogens with one attached hydrogen (secondary N) is 2. The topological polar surface area (TPSA) is 86.0 Å². The fourth-order valence-electron chi connectivity index (χ4n) is 4.29. The number of carbonyl (C=O) groups is 1. The molecule has 2 aliphatic rings. The Kier molecular flexibility index (Phi) is 9.27. The number of aliphatic imine (C=N–C) groups is 1. The number of carbonyl (C=O) groups excluding carboxylic acids is 1. The van der Waals surface area contributed by atoms with Crippen LogP contribution in [0.5, 0.6) is 0 Å². The van der Waals surface area contributed by atoms with Crippen LogP contribution in [0.15, 0.2) is 22.5 Å². The fraction of sp³-hybridized carbons (Fsp3) is 0.727. The third-order valence-corrected chi connectivity index (χ3v) is 7.07. The van der Waals surface area contributed by atoms with E-state index in [0.717, 1.165) is 90.3 Å². The van der Waals surface area contributed by atoms with E-state index < -0.39 is 0 Å². The Morgan fingerprint density at radius 2 is 1.97 bits per heavy atom. The first kappa shape index (κ1) is 22.9. The van der Waals surface area contributed by atoms with Crippen molar-refractivity contribution in [3.8, 4) is 0 Å². The minimum atomic E-state index is -0.135. The molecule has 0 radical (unpaired) electrons. The van der Waals surface area contributed by atoms with Crippen LogP contribution in [0.25, 0.3) is 0 Å². The Bertz CT molecular complexity index is 649. The van der Waals surface area contributed by atoms with Crippen molar-refractivity contribution in [2.24, 2.45) is 16.6 Å². The van der Waals surface area contributed by atoms with Crippen LogP contribution in [0, 0.1) is 5.92 Å². The number of nitrogens with two attached hydrogens (primary N) is 1. The standard InChI is InChI=1S/C22H38N6OS/c1-2-24-22(26-19-9-15-28(16-10-19)20-6-5-17-30-20)25-11-3-4-12-27-13-7-18(8-14-27)21(23)29/h5-6,17-19H,2-4,7-16H2,1H3,(H2,23,29)(H2,24,25,26). The average molecular weight is 435 g/mol. The van der Waals surface area contributed by atoms with Crippen molar-refractivity contribution in [2.75, 3.05) is 50.7 Å². The summed E-state index contributed by atoms with van der Waals surface area (Å²) in [6.45, 7) is 9.12. The molecule has 8 heteroatoms. The molecule has 2 aliphatic heterocycles. The zero-order chi connectivity index (χ0) is 21.2. The minimum Gasteiger partial charge on any atom is -0.369 e. The number of likely N-dealkylation sites (tertiary alicyclic amines) is 1.